The lowest BCUT2D eigenvalue weighted by molar-refractivity contribution is 0.0992. The van der Waals surface area contributed by atoms with E-state index in [-0.39, 0.29) is 11.7 Å². The fourth-order valence-corrected chi connectivity index (χ4v) is 1.96. The van der Waals surface area contributed by atoms with Gasteiger partial charge in [-0.1, -0.05) is 0 Å². The molecule has 0 unspecified atom stereocenters. The monoisotopic (exact) mass is 273 g/mol. The van der Waals surface area contributed by atoms with Crippen LogP contribution in [0.5, 0.6) is 0 Å². The van der Waals surface area contributed by atoms with Gasteiger partial charge >= 0.3 is 0 Å². The van der Waals surface area contributed by atoms with Crippen molar-refractivity contribution in [3.05, 3.63) is 59.4 Å². The van der Waals surface area contributed by atoms with Crippen molar-refractivity contribution in [2.24, 2.45) is 5.84 Å². The van der Waals surface area contributed by atoms with Gasteiger partial charge in [0.05, 0.1) is 0 Å². The highest BCUT2D eigenvalue weighted by atomic mass is 19.1. The van der Waals surface area contributed by atoms with Crippen LogP contribution in [0.1, 0.15) is 15.9 Å². The summed E-state index contributed by atoms with van der Waals surface area (Å²) in [7, 11) is 1.66. The molecule has 0 atom stereocenters. The van der Waals surface area contributed by atoms with Gasteiger partial charge in [-0.05, 0) is 55.0 Å². The number of benzene rings is 2. The van der Waals surface area contributed by atoms with E-state index in [1.807, 2.05) is 6.92 Å². The number of hydrogen-bond donors (Lipinski definition) is 2. The zero-order chi connectivity index (χ0) is 14.7. The molecule has 0 saturated carbocycles. The Morgan fingerprint density at radius 1 is 1.20 bits per heavy atom. The zero-order valence-corrected chi connectivity index (χ0v) is 11.4. The molecule has 20 heavy (non-hydrogen) atoms. The molecule has 104 valence electrons. The molecule has 0 spiro atoms. The van der Waals surface area contributed by atoms with Crippen molar-refractivity contribution in [2.45, 2.75) is 6.92 Å². The van der Waals surface area contributed by atoms with Gasteiger partial charge in [-0.25, -0.2) is 4.39 Å². The summed E-state index contributed by atoms with van der Waals surface area (Å²) in [6.07, 6.45) is 0. The predicted octanol–water partition coefficient (Wildman–Crippen LogP) is 2.70. The molecule has 0 fully saturated rings. The summed E-state index contributed by atoms with van der Waals surface area (Å²) in [5.41, 5.74) is 5.31. The number of aryl methyl sites for hydroxylation is 1. The number of carbonyl (C=O) groups excluding carboxylic acids is 1. The van der Waals surface area contributed by atoms with Crippen molar-refractivity contribution in [2.75, 3.05) is 17.4 Å². The minimum Gasteiger partial charge on any atom is -0.324 e. The molecule has 0 radical (unpaired) electrons. The van der Waals surface area contributed by atoms with Crippen LogP contribution in [0.15, 0.2) is 42.5 Å². The third kappa shape index (κ3) is 2.78. The summed E-state index contributed by atoms with van der Waals surface area (Å²) >= 11 is 0. The molecule has 5 heteroatoms. The van der Waals surface area contributed by atoms with Gasteiger partial charge in [-0.2, -0.15) is 0 Å². The van der Waals surface area contributed by atoms with E-state index in [0.29, 0.717) is 11.3 Å². The fraction of sp³-hybridized carbons (Fsp3) is 0.133. The Labute approximate surface area is 117 Å². The largest absolute Gasteiger partial charge is 0.324 e. The van der Waals surface area contributed by atoms with Crippen LogP contribution >= 0.6 is 0 Å². The highest BCUT2D eigenvalue weighted by Gasteiger charge is 2.15. The van der Waals surface area contributed by atoms with Gasteiger partial charge in [0.15, 0.2) is 0 Å². The molecule has 2 rings (SSSR count). The molecule has 0 aliphatic heterocycles. The van der Waals surface area contributed by atoms with Crippen LogP contribution in [-0.4, -0.2) is 13.0 Å². The van der Waals surface area contributed by atoms with E-state index in [4.69, 9.17) is 5.84 Å². The van der Waals surface area contributed by atoms with E-state index in [1.54, 1.807) is 37.4 Å². The first-order valence-electron chi connectivity index (χ1n) is 6.14. The highest BCUT2D eigenvalue weighted by molar-refractivity contribution is 6.06. The zero-order valence-electron chi connectivity index (χ0n) is 11.4. The van der Waals surface area contributed by atoms with Crippen LogP contribution in [0.4, 0.5) is 15.8 Å². The van der Waals surface area contributed by atoms with Crippen molar-refractivity contribution in [3.8, 4) is 0 Å². The van der Waals surface area contributed by atoms with E-state index < -0.39 is 0 Å². The number of amides is 1. The molecule has 0 saturated heterocycles. The summed E-state index contributed by atoms with van der Waals surface area (Å²) in [5, 5.41) is 0. The average Bonchev–Trinajstić information content (AvgIpc) is 2.46. The van der Waals surface area contributed by atoms with Gasteiger partial charge in [0.1, 0.15) is 5.82 Å². The molecular weight excluding hydrogens is 257 g/mol. The molecule has 4 nitrogen and oxygen atoms in total. The van der Waals surface area contributed by atoms with Crippen molar-refractivity contribution in [3.63, 3.8) is 0 Å². The van der Waals surface area contributed by atoms with Gasteiger partial charge in [0.2, 0.25) is 0 Å². The number of carbonyl (C=O) groups is 1. The quantitative estimate of drug-likeness (QED) is 0.667. The number of nitrogens with one attached hydrogen (secondary N) is 1. The molecular formula is C15H16FN3O. The van der Waals surface area contributed by atoms with E-state index in [1.165, 1.54) is 17.0 Å². The van der Waals surface area contributed by atoms with Gasteiger partial charge in [-0.3, -0.25) is 10.6 Å². The molecule has 1 amide bonds. The number of nitrogens with zero attached hydrogens (tertiary/aromatic N) is 1. The van der Waals surface area contributed by atoms with Crippen LogP contribution in [0, 0.1) is 12.7 Å². The number of halogens is 1. The van der Waals surface area contributed by atoms with Crippen LogP contribution in [0.2, 0.25) is 0 Å². The Hall–Kier alpha value is -2.40. The van der Waals surface area contributed by atoms with Crippen LogP contribution < -0.4 is 16.2 Å². The third-order valence-corrected chi connectivity index (χ3v) is 3.14. The first-order chi connectivity index (χ1) is 9.52. The summed E-state index contributed by atoms with van der Waals surface area (Å²) in [5.74, 6) is 4.84. The van der Waals surface area contributed by atoms with Gasteiger partial charge in [-0.15, -0.1) is 0 Å². The molecule has 0 aliphatic carbocycles. The molecule has 0 aromatic heterocycles. The van der Waals surface area contributed by atoms with Crippen LogP contribution in [-0.2, 0) is 0 Å². The molecule has 0 heterocycles. The fourth-order valence-electron chi connectivity index (χ4n) is 1.96. The second kappa shape index (κ2) is 5.71. The van der Waals surface area contributed by atoms with Crippen LogP contribution in [0.25, 0.3) is 0 Å². The van der Waals surface area contributed by atoms with Gasteiger partial charge in [0, 0.05) is 24.0 Å². The van der Waals surface area contributed by atoms with Crippen molar-refractivity contribution >= 4 is 17.3 Å². The van der Waals surface area contributed by atoms with E-state index in [9.17, 15) is 9.18 Å². The highest BCUT2D eigenvalue weighted by Crippen LogP contribution is 2.20. The van der Waals surface area contributed by atoms with E-state index in [0.717, 1.165) is 11.3 Å². The van der Waals surface area contributed by atoms with Crippen molar-refractivity contribution in [1.82, 2.24) is 0 Å². The molecule has 0 bridgehead atoms. The maximum absolute atomic E-state index is 12.9. The lowest BCUT2D eigenvalue weighted by atomic mass is 10.1. The molecule has 2 aromatic carbocycles. The lowest BCUT2D eigenvalue weighted by Gasteiger charge is -2.19. The van der Waals surface area contributed by atoms with Crippen molar-refractivity contribution in [1.29, 1.82) is 0 Å². The summed E-state index contributed by atoms with van der Waals surface area (Å²) < 4.78 is 12.9. The lowest BCUT2D eigenvalue weighted by Crippen LogP contribution is -2.27. The average molecular weight is 273 g/mol. The Balaban J connectivity index is 2.28. The number of nitrogen functional groups attached to an aromatic ring is 1. The second-order valence-electron chi connectivity index (χ2n) is 4.51. The smallest absolute Gasteiger partial charge is 0.258 e. The maximum Gasteiger partial charge on any atom is 0.258 e. The Morgan fingerprint density at radius 3 is 2.40 bits per heavy atom. The third-order valence-electron chi connectivity index (χ3n) is 3.14. The number of nitrogens with two attached hydrogens (primary N) is 1. The SMILES string of the molecule is Cc1cc(NN)ccc1C(=O)N(C)c1ccc(F)cc1. The second-order valence-corrected chi connectivity index (χ2v) is 4.51. The summed E-state index contributed by atoms with van der Waals surface area (Å²) in [4.78, 5) is 13.9. The summed E-state index contributed by atoms with van der Waals surface area (Å²) in [6.45, 7) is 1.84. The van der Waals surface area contributed by atoms with E-state index in [2.05, 4.69) is 5.43 Å². The first-order valence-corrected chi connectivity index (χ1v) is 6.14. The Morgan fingerprint density at radius 2 is 1.85 bits per heavy atom. The van der Waals surface area contributed by atoms with Crippen LogP contribution in [0.3, 0.4) is 0 Å². The maximum atomic E-state index is 12.9. The minimum absolute atomic E-state index is 0.155. The molecule has 3 N–H and O–H groups in total. The van der Waals surface area contributed by atoms with Gasteiger partial charge in [0.25, 0.3) is 5.91 Å². The normalized spacial score (nSPS) is 10.2. The van der Waals surface area contributed by atoms with E-state index >= 15 is 0 Å². The number of rotatable bonds is 3. The first kappa shape index (κ1) is 14.0. The number of hydrazine groups is 1. The minimum atomic E-state index is -0.329. The number of anilines is 2. The Kier molecular flexibility index (Phi) is 4.00. The number of hydrogen-bond acceptors (Lipinski definition) is 3. The summed E-state index contributed by atoms with van der Waals surface area (Å²) in [6, 6.07) is 11.0. The Bertz CT molecular complexity index is 626. The molecule has 0 aliphatic rings. The van der Waals surface area contributed by atoms with Crippen molar-refractivity contribution < 1.29 is 9.18 Å². The van der Waals surface area contributed by atoms with Gasteiger partial charge < -0.3 is 10.3 Å². The predicted molar refractivity (Wildman–Crippen MR) is 78.1 cm³/mol. The standard InChI is InChI=1S/C15H16FN3O/c1-10-9-12(18-17)5-8-14(10)15(20)19(2)13-6-3-11(16)4-7-13/h3-9,18H,17H2,1-2H3. The molecule has 2 aromatic rings. The topological polar surface area (TPSA) is 58.4 Å².